The molecule has 0 atom stereocenters. The number of nitrogens with zero attached hydrogens (tertiary/aromatic N) is 1. The predicted molar refractivity (Wildman–Crippen MR) is 102 cm³/mol. The fraction of sp³-hybridized carbons (Fsp3) is 0.150. The van der Waals surface area contributed by atoms with Gasteiger partial charge in [-0.2, -0.15) is 0 Å². The van der Waals surface area contributed by atoms with Crippen LogP contribution in [0.15, 0.2) is 70.2 Å². The van der Waals surface area contributed by atoms with E-state index >= 15 is 0 Å². The van der Waals surface area contributed by atoms with Crippen molar-refractivity contribution in [3.63, 3.8) is 0 Å². The Morgan fingerprint density at radius 3 is 2.67 bits per heavy atom. The van der Waals surface area contributed by atoms with E-state index in [1.54, 1.807) is 36.4 Å². The van der Waals surface area contributed by atoms with Crippen LogP contribution in [0.25, 0.3) is 11.1 Å². The van der Waals surface area contributed by atoms with Crippen molar-refractivity contribution < 1.29 is 17.6 Å². The molecule has 4 rings (SSSR count). The summed E-state index contributed by atoms with van der Waals surface area (Å²) in [4.78, 5) is 12.6. The van der Waals surface area contributed by atoms with Crippen LogP contribution in [-0.2, 0) is 21.4 Å². The van der Waals surface area contributed by atoms with Crippen molar-refractivity contribution in [1.29, 1.82) is 0 Å². The third-order valence-electron chi connectivity index (χ3n) is 4.49. The van der Waals surface area contributed by atoms with Crippen LogP contribution in [0.3, 0.4) is 0 Å². The zero-order valence-corrected chi connectivity index (χ0v) is 15.5. The number of aryl methyl sites for hydroxylation is 1. The van der Waals surface area contributed by atoms with Gasteiger partial charge in [-0.15, -0.1) is 0 Å². The van der Waals surface area contributed by atoms with E-state index < -0.39 is 15.9 Å². The number of benzene rings is 2. The first-order valence-electron chi connectivity index (χ1n) is 8.49. The first kappa shape index (κ1) is 17.4. The lowest BCUT2D eigenvalue weighted by Crippen LogP contribution is -2.42. The summed E-state index contributed by atoms with van der Waals surface area (Å²) in [5.74, 6) is 0.201. The van der Waals surface area contributed by atoms with Crippen molar-refractivity contribution in [2.75, 3.05) is 10.8 Å². The Hall–Kier alpha value is -3.06. The molecule has 0 unspecified atom stereocenters. The van der Waals surface area contributed by atoms with Crippen LogP contribution in [0.2, 0.25) is 0 Å². The zero-order valence-electron chi connectivity index (χ0n) is 14.7. The molecule has 138 valence electrons. The Labute approximate surface area is 157 Å². The van der Waals surface area contributed by atoms with Gasteiger partial charge in [-0.25, -0.2) is 8.42 Å². The molecule has 1 aliphatic rings. The largest absolute Gasteiger partial charge is 0.467 e. The highest BCUT2D eigenvalue weighted by atomic mass is 32.2. The monoisotopic (exact) mass is 382 g/mol. The van der Waals surface area contributed by atoms with Gasteiger partial charge < -0.3 is 9.73 Å². The summed E-state index contributed by atoms with van der Waals surface area (Å²) in [7, 11) is -3.83. The standard InChI is InChI=1S/C20H18N2O4S/c1-14-8-9-18-17(11-14)16-6-2-3-7-19(16)27(24,25)22(18)13-20(23)21-12-15-5-4-10-26-15/h2-11H,12-13H2,1H3,(H,21,23). The first-order chi connectivity index (χ1) is 13.0. The van der Waals surface area contributed by atoms with Crippen molar-refractivity contribution in [3.05, 3.63) is 72.2 Å². The number of rotatable bonds is 4. The van der Waals surface area contributed by atoms with Crippen LogP contribution in [0.4, 0.5) is 5.69 Å². The lowest BCUT2D eigenvalue weighted by molar-refractivity contribution is -0.119. The molecular formula is C20H18N2O4S. The molecule has 0 fully saturated rings. The van der Waals surface area contributed by atoms with Crippen molar-refractivity contribution in [2.45, 2.75) is 18.4 Å². The molecule has 0 bridgehead atoms. The molecule has 0 spiro atoms. The minimum atomic E-state index is -3.83. The second-order valence-electron chi connectivity index (χ2n) is 6.38. The average molecular weight is 382 g/mol. The van der Waals surface area contributed by atoms with Crippen LogP contribution in [0, 0.1) is 6.92 Å². The number of anilines is 1. The maximum absolute atomic E-state index is 13.1. The van der Waals surface area contributed by atoms with Crippen LogP contribution in [-0.4, -0.2) is 20.9 Å². The van der Waals surface area contributed by atoms with Crippen LogP contribution in [0.5, 0.6) is 0 Å². The summed E-state index contributed by atoms with van der Waals surface area (Å²) >= 11 is 0. The Morgan fingerprint density at radius 1 is 1.07 bits per heavy atom. The number of hydrogen-bond acceptors (Lipinski definition) is 4. The number of fused-ring (bicyclic) bond motifs is 3. The van der Waals surface area contributed by atoms with Gasteiger partial charge in [0.15, 0.2) is 0 Å². The number of nitrogens with one attached hydrogen (secondary N) is 1. The maximum atomic E-state index is 13.1. The van der Waals surface area contributed by atoms with E-state index in [-0.39, 0.29) is 18.0 Å². The summed E-state index contributed by atoms with van der Waals surface area (Å²) in [5.41, 5.74) is 2.99. The van der Waals surface area contributed by atoms with Crippen molar-refractivity contribution in [2.24, 2.45) is 0 Å². The Morgan fingerprint density at radius 2 is 1.89 bits per heavy atom. The maximum Gasteiger partial charge on any atom is 0.265 e. The van der Waals surface area contributed by atoms with Gasteiger partial charge in [0.25, 0.3) is 10.0 Å². The number of amides is 1. The first-order valence-corrected chi connectivity index (χ1v) is 9.93. The van der Waals surface area contributed by atoms with Crippen LogP contribution >= 0.6 is 0 Å². The van der Waals surface area contributed by atoms with E-state index in [4.69, 9.17) is 4.42 Å². The summed E-state index contributed by atoms with van der Waals surface area (Å²) in [6, 6.07) is 15.9. The number of carbonyl (C=O) groups excluding carboxylic acids is 1. The van der Waals surface area contributed by atoms with Crippen LogP contribution < -0.4 is 9.62 Å². The molecule has 2 aromatic carbocycles. The summed E-state index contributed by atoms with van der Waals surface area (Å²) in [5, 5.41) is 2.70. The number of hydrogen-bond donors (Lipinski definition) is 1. The third kappa shape index (κ3) is 3.10. The summed E-state index contributed by atoms with van der Waals surface area (Å²) in [6.45, 7) is 1.86. The molecule has 0 radical (unpaired) electrons. The van der Waals surface area contributed by atoms with Crippen molar-refractivity contribution in [3.8, 4) is 11.1 Å². The van der Waals surface area contributed by atoms with E-state index in [9.17, 15) is 13.2 Å². The van der Waals surface area contributed by atoms with Crippen molar-refractivity contribution >= 4 is 21.6 Å². The number of sulfonamides is 1. The normalized spacial score (nSPS) is 14.3. The highest BCUT2D eigenvalue weighted by Gasteiger charge is 2.35. The highest BCUT2D eigenvalue weighted by molar-refractivity contribution is 7.93. The Kier molecular flexibility index (Phi) is 4.24. The van der Waals surface area contributed by atoms with E-state index in [0.717, 1.165) is 11.1 Å². The summed E-state index contributed by atoms with van der Waals surface area (Å²) < 4.78 is 32.6. The molecule has 0 saturated heterocycles. The molecule has 7 heteroatoms. The molecule has 27 heavy (non-hydrogen) atoms. The molecule has 0 saturated carbocycles. The van der Waals surface area contributed by atoms with Gasteiger partial charge in [-0.05, 0) is 37.3 Å². The average Bonchev–Trinajstić information content (AvgIpc) is 3.17. The predicted octanol–water partition coefficient (Wildman–Crippen LogP) is 3.08. The Balaban J connectivity index is 1.69. The van der Waals surface area contributed by atoms with Gasteiger partial charge in [0, 0.05) is 11.1 Å². The number of carbonyl (C=O) groups is 1. The molecule has 1 amide bonds. The zero-order chi connectivity index (χ0) is 19.0. The van der Waals surface area contributed by atoms with Gasteiger partial charge in [0.2, 0.25) is 5.91 Å². The van der Waals surface area contributed by atoms with Crippen molar-refractivity contribution in [1.82, 2.24) is 5.32 Å². The second-order valence-corrected chi connectivity index (χ2v) is 8.22. The topological polar surface area (TPSA) is 79.6 Å². The minimum Gasteiger partial charge on any atom is -0.467 e. The minimum absolute atomic E-state index is 0.205. The SMILES string of the molecule is Cc1ccc2c(c1)-c1ccccc1S(=O)(=O)N2CC(=O)NCc1ccco1. The fourth-order valence-electron chi connectivity index (χ4n) is 3.20. The smallest absolute Gasteiger partial charge is 0.265 e. The third-order valence-corrected chi connectivity index (χ3v) is 6.31. The van der Waals surface area contributed by atoms with Gasteiger partial charge in [0.05, 0.1) is 23.4 Å². The molecule has 6 nitrogen and oxygen atoms in total. The van der Waals surface area contributed by atoms with E-state index in [1.807, 2.05) is 25.1 Å². The van der Waals surface area contributed by atoms with E-state index in [0.29, 0.717) is 17.0 Å². The summed E-state index contributed by atoms with van der Waals surface area (Å²) in [6.07, 6.45) is 1.52. The molecule has 0 aliphatic carbocycles. The fourth-order valence-corrected chi connectivity index (χ4v) is 4.85. The van der Waals surface area contributed by atoms with Gasteiger partial charge in [-0.3, -0.25) is 9.10 Å². The quantitative estimate of drug-likeness (QED) is 0.752. The van der Waals surface area contributed by atoms with Gasteiger partial charge in [-0.1, -0.05) is 29.8 Å². The molecule has 2 heterocycles. The number of furan rings is 1. The highest BCUT2D eigenvalue weighted by Crippen LogP contribution is 2.43. The lowest BCUT2D eigenvalue weighted by atomic mass is 10.0. The van der Waals surface area contributed by atoms with E-state index in [2.05, 4.69) is 5.32 Å². The molecule has 1 N–H and O–H groups in total. The van der Waals surface area contributed by atoms with Gasteiger partial charge >= 0.3 is 0 Å². The van der Waals surface area contributed by atoms with Crippen LogP contribution in [0.1, 0.15) is 11.3 Å². The molecular weight excluding hydrogens is 364 g/mol. The Bertz CT molecular complexity index is 1100. The molecule has 1 aromatic heterocycles. The lowest BCUT2D eigenvalue weighted by Gasteiger charge is -2.31. The van der Waals surface area contributed by atoms with Gasteiger partial charge in [0.1, 0.15) is 12.3 Å². The molecule has 3 aromatic rings. The second kappa shape index (κ2) is 6.59. The molecule has 1 aliphatic heterocycles. The van der Waals surface area contributed by atoms with E-state index in [1.165, 1.54) is 10.6 Å².